The number of aromatic nitrogens is 2. The third-order valence-electron chi connectivity index (χ3n) is 6.34. The Bertz CT molecular complexity index is 1170. The summed E-state index contributed by atoms with van der Waals surface area (Å²) >= 11 is 0. The molecule has 36 heavy (non-hydrogen) atoms. The first-order valence-electron chi connectivity index (χ1n) is 12.7. The van der Waals surface area contributed by atoms with E-state index in [0.717, 1.165) is 54.3 Å². The van der Waals surface area contributed by atoms with Gasteiger partial charge >= 0.3 is 5.97 Å². The quantitative estimate of drug-likeness (QED) is 0.305. The number of nitrogens with zero attached hydrogens (tertiary/aromatic N) is 3. The zero-order chi connectivity index (χ0) is 26.2. The zero-order valence-electron chi connectivity index (χ0n) is 22.4. The standard InChI is InChI=1S/C29H39N3O4/c1-20(2)14-16-31(17-15-21(3)4)29(34)23-10-12-26-30-28(22-8-7-9-24(18-22)35-5)25(32(26)19-23)11-13-27(33)36-6/h7-10,12,18-21H,11,13-17H2,1-6H3. The number of pyridine rings is 1. The molecule has 2 heterocycles. The van der Waals surface area contributed by atoms with E-state index < -0.39 is 0 Å². The minimum atomic E-state index is -0.290. The van der Waals surface area contributed by atoms with Gasteiger partial charge in [-0.15, -0.1) is 0 Å². The van der Waals surface area contributed by atoms with Crippen LogP contribution in [0.2, 0.25) is 0 Å². The summed E-state index contributed by atoms with van der Waals surface area (Å²) in [4.78, 5) is 32.4. The Morgan fingerprint density at radius 3 is 2.31 bits per heavy atom. The van der Waals surface area contributed by atoms with E-state index in [1.54, 1.807) is 7.11 Å². The Labute approximate surface area is 214 Å². The molecule has 0 aliphatic rings. The van der Waals surface area contributed by atoms with Gasteiger partial charge < -0.3 is 18.8 Å². The van der Waals surface area contributed by atoms with E-state index in [2.05, 4.69) is 27.7 Å². The number of hydrogen-bond acceptors (Lipinski definition) is 5. The fraction of sp³-hybridized carbons (Fsp3) is 0.483. The Morgan fingerprint density at radius 2 is 1.69 bits per heavy atom. The van der Waals surface area contributed by atoms with Gasteiger partial charge in [0.25, 0.3) is 5.91 Å². The molecule has 0 bridgehead atoms. The highest BCUT2D eigenvalue weighted by molar-refractivity contribution is 5.94. The number of hydrogen-bond donors (Lipinski definition) is 0. The molecule has 2 aromatic heterocycles. The van der Waals surface area contributed by atoms with Gasteiger partial charge in [-0.2, -0.15) is 0 Å². The molecular weight excluding hydrogens is 454 g/mol. The van der Waals surface area contributed by atoms with E-state index >= 15 is 0 Å². The van der Waals surface area contributed by atoms with Crippen molar-refractivity contribution >= 4 is 17.5 Å². The Balaban J connectivity index is 2.03. The number of aryl methyl sites for hydroxylation is 1. The fourth-order valence-electron chi connectivity index (χ4n) is 4.11. The molecular formula is C29H39N3O4. The maximum Gasteiger partial charge on any atom is 0.305 e. The highest BCUT2D eigenvalue weighted by atomic mass is 16.5. The lowest BCUT2D eigenvalue weighted by Gasteiger charge is -2.24. The van der Waals surface area contributed by atoms with Gasteiger partial charge in [0, 0.05) is 31.3 Å². The van der Waals surface area contributed by atoms with Gasteiger partial charge in [-0.05, 0) is 48.9 Å². The predicted octanol–water partition coefficient (Wildman–Crippen LogP) is 5.65. The van der Waals surface area contributed by atoms with E-state index in [0.29, 0.717) is 23.8 Å². The Morgan fingerprint density at radius 1 is 1.00 bits per heavy atom. The van der Waals surface area contributed by atoms with Crippen LogP contribution in [0.4, 0.5) is 0 Å². The molecule has 1 aromatic carbocycles. The summed E-state index contributed by atoms with van der Waals surface area (Å²) < 4.78 is 12.2. The third-order valence-corrected chi connectivity index (χ3v) is 6.34. The van der Waals surface area contributed by atoms with Crippen LogP contribution in [0.25, 0.3) is 16.9 Å². The van der Waals surface area contributed by atoms with Crippen molar-refractivity contribution < 1.29 is 19.1 Å². The third kappa shape index (κ3) is 6.86. The van der Waals surface area contributed by atoms with Crippen LogP contribution >= 0.6 is 0 Å². The topological polar surface area (TPSA) is 73.1 Å². The van der Waals surface area contributed by atoms with Crippen molar-refractivity contribution in [1.82, 2.24) is 14.3 Å². The molecule has 7 nitrogen and oxygen atoms in total. The minimum Gasteiger partial charge on any atom is -0.497 e. The normalized spacial score (nSPS) is 11.3. The van der Waals surface area contributed by atoms with Gasteiger partial charge in [0.1, 0.15) is 11.4 Å². The summed E-state index contributed by atoms with van der Waals surface area (Å²) in [5, 5.41) is 0. The number of methoxy groups -OCH3 is 2. The highest BCUT2D eigenvalue weighted by Gasteiger charge is 2.20. The summed E-state index contributed by atoms with van der Waals surface area (Å²) in [6.07, 6.45) is 4.43. The number of amides is 1. The largest absolute Gasteiger partial charge is 0.497 e. The van der Waals surface area contributed by atoms with Gasteiger partial charge in [-0.25, -0.2) is 4.98 Å². The SMILES string of the molecule is COC(=O)CCc1c(-c2cccc(OC)c2)nc2ccc(C(=O)N(CCC(C)C)CCC(C)C)cn12. The second-order valence-corrected chi connectivity index (χ2v) is 10.0. The van der Waals surface area contributed by atoms with Crippen molar-refractivity contribution in [3.63, 3.8) is 0 Å². The Hall–Kier alpha value is -3.35. The van der Waals surface area contributed by atoms with Gasteiger partial charge in [0.15, 0.2) is 0 Å². The molecule has 1 amide bonds. The first-order valence-corrected chi connectivity index (χ1v) is 12.7. The van der Waals surface area contributed by atoms with Gasteiger partial charge in [0.05, 0.1) is 37.6 Å². The van der Waals surface area contributed by atoms with Crippen LogP contribution in [-0.2, 0) is 16.0 Å². The lowest BCUT2D eigenvalue weighted by atomic mass is 10.1. The second-order valence-electron chi connectivity index (χ2n) is 10.0. The molecule has 0 aliphatic heterocycles. The van der Waals surface area contributed by atoms with Crippen molar-refractivity contribution in [2.75, 3.05) is 27.3 Å². The molecule has 0 radical (unpaired) electrons. The van der Waals surface area contributed by atoms with Crippen molar-refractivity contribution in [2.24, 2.45) is 11.8 Å². The van der Waals surface area contributed by atoms with Crippen LogP contribution in [0.1, 0.15) is 63.0 Å². The van der Waals surface area contributed by atoms with Crippen molar-refractivity contribution in [3.8, 4) is 17.0 Å². The molecule has 3 rings (SSSR count). The molecule has 0 spiro atoms. The molecule has 0 atom stereocenters. The number of esters is 1. The number of rotatable bonds is 12. The van der Waals surface area contributed by atoms with Crippen LogP contribution < -0.4 is 4.74 Å². The lowest BCUT2D eigenvalue weighted by Crippen LogP contribution is -2.34. The predicted molar refractivity (Wildman–Crippen MR) is 142 cm³/mol. The lowest BCUT2D eigenvalue weighted by molar-refractivity contribution is -0.140. The fourth-order valence-corrected chi connectivity index (χ4v) is 4.11. The smallest absolute Gasteiger partial charge is 0.305 e. The molecule has 0 saturated heterocycles. The van der Waals surface area contributed by atoms with Crippen LogP contribution in [0.5, 0.6) is 5.75 Å². The zero-order valence-corrected chi connectivity index (χ0v) is 22.4. The molecule has 0 saturated carbocycles. The van der Waals surface area contributed by atoms with E-state index in [9.17, 15) is 9.59 Å². The summed E-state index contributed by atoms with van der Waals surface area (Å²) in [5.74, 6) is 1.50. The van der Waals surface area contributed by atoms with Gasteiger partial charge in [-0.3, -0.25) is 9.59 Å². The average Bonchev–Trinajstić information content (AvgIpc) is 3.24. The number of benzene rings is 1. The van der Waals surface area contributed by atoms with E-state index in [1.807, 2.05) is 51.9 Å². The van der Waals surface area contributed by atoms with Crippen molar-refractivity contribution in [3.05, 3.63) is 53.9 Å². The van der Waals surface area contributed by atoms with E-state index in [4.69, 9.17) is 14.5 Å². The van der Waals surface area contributed by atoms with Gasteiger partial charge in [-0.1, -0.05) is 39.8 Å². The van der Waals surface area contributed by atoms with Gasteiger partial charge in [0.2, 0.25) is 0 Å². The molecule has 3 aromatic rings. The summed E-state index contributed by atoms with van der Waals surface area (Å²) in [7, 11) is 3.02. The maximum atomic E-state index is 13.6. The average molecular weight is 494 g/mol. The second kappa shape index (κ2) is 12.6. The van der Waals surface area contributed by atoms with Crippen LogP contribution in [0, 0.1) is 11.8 Å². The molecule has 194 valence electrons. The van der Waals surface area contributed by atoms with Crippen LogP contribution in [-0.4, -0.2) is 53.5 Å². The van der Waals surface area contributed by atoms with E-state index in [-0.39, 0.29) is 18.3 Å². The first-order chi connectivity index (χ1) is 17.2. The molecule has 0 N–H and O–H groups in total. The summed E-state index contributed by atoms with van der Waals surface area (Å²) in [6.45, 7) is 10.2. The number of ether oxygens (including phenoxy) is 2. The molecule has 0 fully saturated rings. The van der Waals surface area contributed by atoms with Crippen LogP contribution in [0.15, 0.2) is 42.6 Å². The Kier molecular flexibility index (Phi) is 9.51. The number of fused-ring (bicyclic) bond motifs is 1. The number of carbonyl (C=O) groups is 2. The first kappa shape index (κ1) is 27.2. The van der Waals surface area contributed by atoms with Crippen molar-refractivity contribution in [2.45, 2.75) is 53.4 Å². The molecule has 7 heteroatoms. The molecule has 0 aliphatic carbocycles. The summed E-state index contributed by atoms with van der Waals surface area (Å²) in [6, 6.07) is 11.4. The maximum absolute atomic E-state index is 13.6. The highest BCUT2D eigenvalue weighted by Crippen LogP contribution is 2.29. The minimum absolute atomic E-state index is 0.0220. The van der Waals surface area contributed by atoms with E-state index in [1.165, 1.54) is 7.11 Å². The van der Waals surface area contributed by atoms with Crippen LogP contribution in [0.3, 0.4) is 0 Å². The summed E-state index contributed by atoms with van der Waals surface area (Å²) in [5.41, 5.74) is 3.85. The van der Waals surface area contributed by atoms with Crippen molar-refractivity contribution in [1.29, 1.82) is 0 Å². The number of imidazole rings is 1. The monoisotopic (exact) mass is 493 g/mol. The molecule has 0 unspecified atom stereocenters. The number of carbonyl (C=O) groups excluding carboxylic acids is 2.